The van der Waals surface area contributed by atoms with Crippen molar-refractivity contribution in [3.05, 3.63) is 108 Å². The molecule has 0 nitrogen and oxygen atoms in total. The average molecular weight is 365 g/mol. The van der Waals surface area contributed by atoms with Crippen molar-refractivity contribution in [2.45, 2.75) is 33.6 Å². The van der Waals surface area contributed by atoms with Crippen molar-refractivity contribution in [2.75, 3.05) is 0 Å². The molecule has 3 aromatic rings. The van der Waals surface area contributed by atoms with Gasteiger partial charge in [0.2, 0.25) is 0 Å². The molecule has 0 heteroatoms. The summed E-state index contributed by atoms with van der Waals surface area (Å²) in [5.74, 6) is 0. The van der Waals surface area contributed by atoms with Gasteiger partial charge in [0.05, 0.1) is 0 Å². The Morgan fingerprint density at radius 1 is 0.607 bits per heavy atom. The van der Waals surface area contributed by atoms with E-state index >= 15 is 0 Å². The first-order valence-corrected chi connectivity index (χ1v) is 10.2. The molecule has 0 saturated carbocycles. The zero-order valence-corrected chi connectivity index (χ0v) is 17.1. The maximum atomic E-state index is 2.44. The highest BCUT2D eigenvalue weighted by molar-refractivity contribution is 6.09. The number of hydrogen-bond donors (Lipinski definition) is 0. The highest BCUT2D eigenvalue weighted by atomic mass is 14.3. The third kappa shape index (κ3) is 3.60. The van der Waals surface area contributed by atoms with Gasteiger partial charge in [0, 0.05) is 0 Å². The summed E-state index contributed by atoms with van der Waals surface area (Å²) in [6.07, 6.45) is 4.67. The molecule has 0 fully saturated rings. The molecule has 0 spiro atoms. The molecule has 0 saturated heterocycles. The summed E-state index contributed by atoms with van der Waals surface area (Å²) in [7, 11) is 0. The van der Waals surface area contributed by atoms with Gasteiger partial charge in [-0.3, -0.25) is 0 Å². The van der Waals surface area contributed by atoms with Crippen LogP contribution >= 0.6 is 0 Å². The highest BCUT2D eigenvalue weighted by Crippen LogP contribution is 2.47. The van der Waals surface area contributed by atoms with Crippen molar-refractivity contribution >= 4 is 11.1 Å². The van der Waals surface area contributed by atoms with E-state index in [-0.39, 0.29) is 5.41 Å². The minimum Gasteiger partial charge on any atom is -0.0757 e. The third-order valence-electron chi connectivity index (χ3n) is 5.58. The minimum absolute atomic E-state index is 0.145. The van der Waals surface area contributed by atoms with Crippen molar-refractivity contribution in [3.63, 3.8) is 0 Å². The van der Waals surface area contributed by atoms with E-state index < -0.39 is 0 Å². The van der Waals surface area contributed by atoms with Crippen LogP contribution in [0.2, 0.25) is 0 Å². The van der Waals surface area contributed by atoms with Crippen molar-refractivity contribution in [1.29, 1.82) is 0 Å². The summed E-state index contributed by atoms with van der Waals surface area (Å²) < 4.78 is 0. The lowest BCUT2D eigenvalue weighted by atomic mass is 9.72. The predicted octanol–water partition coefficient (Wildman–Crippen LogP) is 8.03. The average Bonchev–Trinajstić information content (AvgIpc) is 2.74. The number of hydrogen-bond acceptors (Lipinski definition) is 0. The number of benzene rings is 3. The Labute approximate surface area is 169 Å². The Balaban J connectivity index is 1.95. The Morgan fingerprint density at radius 3 is 1.75 bits per heavy atom. The molecule has 0 aliphatic heterocycles. The molecule has 1 aliphatic carbocycles. The molecule has 140 valence electrons. The third-order valence-corrected chi connectivity index (χ3v) is 5.58. The normalized spacial score (nSPS) is 14.8. The fourth-order valence-corrected chi connectivity index (χ4v) is 4.27. The lowest BCUT2D eigenvalue weighted by molar-refractivity contribution is 0.484. The van der Waals surface area contributed by atoms with Crippen LogP contribution in [0.1, 0.15) is 44.7 Å². The van der Waals surface area contributed by atoms with E-state index in [9.17, 15) is 0 Å². The van der Waals surface area contributed by atoms with Gasteiger partial charge in [-0.15, -0.1) is 0 Å². The molecule has 0 amide bonds. The fraction of sp³-hybridized carbons (Fsp3) is 0.214. The summed E-state index contributed by atoms with van der Waals surface area (Å²) in [5.41, 5.74) is 9.72. The van der Waals surface area contributed by atoms with Gasteiger partial charge in [0.25, 0.3) is 0 Å². The molecular formula is C28H28. The summed E-state index contributed by atoms with van der Waals surface area (Å²) in [6.45, 7) is 7.03. The van der Waals surface area contributed by atoms with Gasteiger partial charge < -0.3 is 0 Å². The fourth-order valence-electron chi connectivity index (χ4n) is 4.27. The van der Waals surface area contributed by atoms with Crippen LogP contribution in [0.4, 0.5) is 0 Å². The van der Waals surface area contributed by atoms with Crippen molar-refractivity contribution in [2.24, 2.45) is 5.41 Å². The lowest BCUT2D eigenvalue weighted by Gasteiger charge is -2.32. The van der Waals surface area contributed by atoms with Gasteiger partial charge in [0.1, 0.15) is 0 Å². The molecule has 0 unspecified atom stereocenters. The van der Waals surface area contributed by atoms with Crippen LogP contribution in [-0.2, 0) is 0 Å². The van der Waals surface area contributed by atoms with E-state index in [0.29, 0.717) is 0 Å². The Morgan fingerprint density at radius 2 is 1.14 bits per heavy atom. The summed E-state index contributed by atoms with van der Waals surface area (Å²) in [6, 6.07) is 30.5. The van der Waals surface area contributed by atoms with Gasteiger partial charge in [-0.05, 0) is 51.7 Å². The second-order valence-electron chi connectivity index (χ2n) is 8.54. The molecule has 4 rings (SSSR count). The number of rotatable bonds is 3. The van der Waals surface area contributed by atoms with Crippen LogP contribution in [0.15, 0.2) is 96.6 Å². The van der Waals surface area contributed by atoms with E-state index in [4.69, 9.17) is 0 Å². The maximum absolute atomic E-state index is 2.44. The summed E-state index contributed by atoms with van der Waals surface area (Å²) in [5, 5.41) is 0. The van der Waals surface area contributed by atoms with Gasteiger partial charge in [-0.2, -0.15) is 0 Å². The van der Waals surface area contributed by atoms with E-state index in [0.717, 1.165) is 12.8 Å². The number of allylic oxidation sites excluding steroid dienone is 4. The second kappa shape index (κ2) is 7.64. The SMILES string of the molecule is CC(C)(C)C1=C(c2ccccc2)C(c2ccccc2-c2ccccc2)=CCC1. The smallest absolute Gasteiger partial charge is 0.0102 e. The van der Waals surface area contributed by atoms with Crippen molar-refractivity contribution in [3.8, 4) is 11.1 Å². The first kappa shape index (κ1) is 18.5. The zero-order chi connectivity index (χ0) is 19.6. The van der Waals surface area contributed by atoms with Crippen LogP contribution < -0.4 is 0 Å². The van der Waals surface area contributed by atoms with Gasteiger partial charge >= 0.3 is 0 Å². The van der Waals surface area contributed by atoms with E-state index in [1.54, 1.807) is 5.57 Å². The molecule has 28 heavy (non-hydrogen) atoms. The largest absolute Gasteiger partial charge is 0.0757 e. The Kier molecular flexibility index (Phi) is 5.05. The van der Waals surface area contributed by atoms with E-state index in [2.05, 4.69) is 112 Å². The molecule has 3 aromatic carbocycles. The molecule has 0 bridgehead atoms. The second-order valence-corrected chi connectivity index (χ2v) is 8.54. The molecule has 0 N–H and O–H groups in total. The standard InChI is InChI=1S/C28H28/c1-28(2,3)26-20-12-19-25(27(26)22-15-8-5-9-16-22)24-18-11-10-17-23(24)21-13-6-4-7-14-21/h4-11,13-19H,12,20H2,1-3H3. The van der Waals surface area contributed by atoms with E-state index in [1.165, 1.54) is 33.4 Å². The topological polar surface area (TPSA) is 0 Å². The van der Waals surface area contributed by atoms with Crippen molar-refractivity contribution in [1.82, 2.24) is 0 Å². The molecule has 1 aliphatic rings. The molecule has 0 radical (unpaired) electrons. The quantitative estimate of drug-likeness (QED) is 0.441. The van der Waals surface area contributed by atoms with Crippen LogP contribution in [0.25, 0.3) is 22.3 Å². The first-order chi connectivity index (χ1) is 13.6. The monoisotopic (exact) mass is 364 g/mol. The molecule has 0 heterocycles. The molecule has 0 aromatic heterocycles. The highest BCUT2D eigenvalue weighted by Gasteiger charge is 2.27. The van der Waals surface area contributed by atoms with Gasteiger partial charge in [-0.25, -0.2) is 0 Å². The van der Waals surface area contributed by atoms with Gasteiger partial charge in [-0.1, -0.05) is 117 Å². The molecular weight excluding hydrogens is 336 g/mol. The maximum Gasteiger partial charge on any atom is -0.0102 e. The Bertz CT molecular complexity index is 1010. The zero-order valence-electron chi connectivity index (χ0n) is 17.1. The van der Waals surface area contributed by atoms with Crippen LogP contribution in [0.3, 0.4) is 0 Å². The van der Waals surface area contributed by atoms with Gasteiger partial charge in [0.15, 0.2) is 0 Å². The van der Waals surface area contributed by atoms with Crippen molar-refractivity contribution < 1.29 is 0 Å². The van der Waals surface area contributed by atoms with Crippen LogP contribution in [-0.4, -0.2) is 0 Å². The summed E-state index contributed by atoms with van der Waals surface area (Å²) >= 11 is 0. The van der Waals surface area contributed by atoms with Crippen LogP contribution in [0.5, 0.6) is 0 Å². The van der Waals surface area contributed by atoms with Crippen LogP contribution in [0, 0.1) is 5.41 Å². The Hall–Kier alpha value is -2.86. The lowest BCUT2D eigenvalue weighted by Crippen LogP contribution is -2.15. The minimum atomic E-state index is 0.145. The van der Waals surface area contributed by atoms with E-state index in [1.807, 2.05) is 0 Å². The first-order valence-electron chi connectivity index (χ1n) is 10.2. The summed E-state index contributed by atoms with van der Waals surface area (Å²) in [4.78, 5) is 0. The predicted molar refractivity (Wildman–Crippen MR) is 122 cm³/mol. The molecule has 0 atom stereocenters.